The van der Waals surface area contributed by atoms with Crippen LogP contribution in [0.15, 0.2) is 0 Å². The zero-order valence-electron chi connectivity index (χ0n) is 4.49. The predicted octanol–water partition coefficient (Wildman–Crippen LogP) is 1.46. The van der Waals surface area contributed by atoms with E-state index in [1.54, 1.807) is 6.92 Å². The van der Waals surface area contributed by atoms with Crippen molar-refractivity contribution in [3.8, 4) is 0 Å². The second-order valence-electron chi connectivity index (χ2n) is 1.52. The molecular weight excluding hydrogens is 88.1 g/mol. The highest BCUT2D eigenvalue weighted by molar-refractivity contribution is 5.80. The molecule has 0 saturated carbocycles. The summed E-state index contributed by atoms with van der Waals surface area (Å²) in [6, 6.07) is 0. The van der Waals surface area contributed by atoms with Crippen molar-refractivity contribution in [2.75, 3.05) is 0 Å². The Kier molecular flexibility index (Phi) is 3.19. The molecule has 0 aliphatic rings. The summed E-state index contributed by atoms with van der Waals surface area (Å²) in [4.78, 5) is 0. The van der Waals surface area contributed by atoms with Gasteiger partial charge in [0, 0.05) is 5.71 Å². The third-order valence-corrected chi connectivity index (χ3v) is 0.664. The van der Waals surface area contributed by atoms with Crippen LogP contribution in [-0.2, 0) is 0 Å². The van der Waals surface area contributed by atoms with E-state index in [0.717, 1.165) is 12.8 Å². The van der Waals surface area contributed by atoms with Crippen LogP contribution in [0, 0.1) is 10.8 Å². The van der Waals surface area contributed by atoms with Crippen molar-refractivity contribution in [1.29, 1.82) is 10.8 Å². The van der Waals surface area contributed by atoms with Gasteiger partial charge in [0.25, 0.3) is 0 Å². The lowest BCUT2D eigenvalue weighted by Crippen LogP contribution is -1.86. The molecule has 0 unspecified atom stereocenters. The van der Waals surface area contributed by atoms with Crippen LogP contribution in [0.5, 0.6) is 0 Å². The summed E-state index contributed by atoms with van der Waals surface area (Å²) in [7, 11) is 0. The molecule has 0 aromatic rings. The molecule has 2 heteroatoms. The van der Waals surface area contributed by atoms with Crippen LogP contribution in [0.2, 0.25) is 0 Å². The molecule has 2 N–H and O–H groups in total. The summed E-state index contributed by atoms with van der Waals surface area (Å²) in [5.41, 5.74) is 0.656. The first-order valence-electron chi connectivity index (χ1n) is 2.30. The van der Waals surface area contributed by atoms with Crippen molar-refractivity contribution >= 4 is 11.9 Å². The molecule has 0 fully saturated rings. The first-order valence-corrected chi connectivity index (χ1v) is 2.30. The topological polar surface area (TPSA) is 47.7 Å². The zero-order valence-corrected chi connectivity index (χ0v) is 4.49. The van der Waals surface area contributed by atoms with Gasteiger partial charge in [-0.2, -0.15) is 0 Å². The van der Waals surface area contributed by atoms with Gasteiger partial charge in [-0.1, -0.05) is 0 Å². The maximum atomic E-state index is 6.89. The smallest absolute Gasteiger partial charge is 0.00618 e. The summed E-state index contributed by atoms with van der Waals surface area (Å²) >= 11 is 0. The molecular formula is C5H10N2. The summed E-state index contributed by atoms with van der Waals surface area (Å²) < 4.78 is 0. The van der Waals surface area contributed by atoms with Gasteiger partial charge in [0.15, 0.2) is 0 Å². The highest BCUT2D eigenvalue weighted by Gasteiger charge is 1.81. The lowest BCUT2D eigenvalue weighted by molar-refractivity contribution is 1.13. The fourth-order valence-electron chi connectivity index (χ4n) is 0.289. The Labute approximate surface area is 43.6 Å². The largest absolute Gasteiger partial charge is 0.313 e. The van der Waals surface area contributed by atoms with E-state index in [4.69, 9.17) is 10.8 Å². The number of hydrogen-bond acceptors (Lipinski definition) is 2. The van der Waals surface area contributed by atoms with Gasteiger partial charge in [0.1, 0.15) is 0 Å². The molecule has 0 aliphatic heterocycles. The van der Waals surface area contributed by atoms with Gasteiger partial charge in [-0.15, -0.1) is 0 Å². The zero-order chi connectivity index (χ0) is 5.70. The first-order chi connectivity index (χ1) is 3.27. The van der Waals surface area contributed by atoms with Gasteiger partial charge in [0.05, 0.1) is 0 Å². The highest BCUT2D eigenvalue weighted by atomic mass is 14.4. The van der Waals surface area contributed by atoms with Gasteiger partial charge < -0.3 is 10.8 Å². The lowest BCUT2D eigenvalue weighted by Gasteiger charge is -1.86. The number of rotatable bonds is 3. The fourth-order valence-corrected chi connectivity index (χ4v) is 0.289. The van der Waals surface area contributed by atoms with Gasteiger partial charge >= 0.3 is 0 Å². The average molecular weight is 98.1 g/mol. The fraction of sp³-hybridized carbons (Fsp3) is 0.600. The minimum Gasteiger partial charge on any atom is -0.313 e. The van der Waals surface area contributed by atoms with Crippen molar-refractivity contribution in [3.63, 3.8) is 0 Å². The van der Waals surface area contributed by atoms with E-state index in [1.807, 2.05) is 0 Å². The van der Waals surface area contributed by atoms with Gasteiger partial charge in [-0.05, 0) is 26.0 Å². The Bertz CT molecular complexity index is 76.1. The minimum atomic E-state index is 0.656. The van der Waals surface area contributed by atoms with Crippen molar-refractivity contribution in [3.05, 3.63) is 0 Å². The Morgan fingerprint density at radius 1 is 1.71 bits per heavy atom. The Morgan fingerprint density at radius 3 is 2.43 bits per heavy atom. The van der Waals surface area contributed by atoms with Crippen LogP contribution in [0.4, 0.5) is 0 Å². The van der Waals surface area contributed by atoms with E-state index in [-0.39, 0.29) is 0 Å². The summed E-state index contributed by atoms with van der Waals surface area (Å²) in [6.45, 7) is 1.75. The maximum absolute atomic E-state index is 6.89. The number of hydrogen-bond donors (Lipinski definition) is 2. The van der Waals surface area contributed by atoms with Crippen molar-refractivity contribution in [1.82, 2.24) is 0 Å². The van der Waals surface area contributed by atoms with E-state index in [0.29, 0.717) is 5.71 Å². The Balaban J connectivity index is 2.97. The molecule has 2 nitrogen and oxygen atoms in total. The monoisotopic (exact) mass is 98.1 g/mol. The third-order valence-electron chi connectivity index (χ3n) is 0.664. The molecule has 0 amide bonds. The molecule has 40 valence electrons. The number of nitrogens with one attached hydrogen (secondary N) is 2. The van der Waals surface area contributed by atoms with Crippen LogP contribution in [0.3, 0.4) is 0 Å². The molecule has 0 atom stereocenters. The molecule has 0 aliphatic carbocycles. The molecule has 0 aromatic heterocycles. The van der Waals surface area contributed by atoms with Crippen molar-refractivity contribution in [2.24, 2.45) is 0 Å². The van der Waals surface area contributed by atoms with Crippen LogP contribution < -0.4 is 0 Å². The molecule has 0 saturated heterocycles. The van der Waals surface area contributed by atoms with Gasteiger partial charge in [-0.25, -0.2) is 0 Å². The molecule has 0 bridgehead atoms. The highest BCUT2D eigenvalue weighted by Crippen LogP contribution is 1.84. The molecule has 0 rings (SSSR count). The van der Waals surface area contributed by atoms with E-state index in [1.165, 1.54) is 6.21 Å². The molecule has 7 heavy (non-hydrogen) atoms. The summed E-state index contributed by atoms with van der Waals surface area (Å²) in [5, 5.41) is 13.5. The van der Waals surface area contributed by atoms with E-state index < -0.39 is 0 Å². The second kappa shape index (κ2) is 3.53. The predicted molar refractivity (Wildman–Crippen MR) is 31.4 cm³/mol. The SMILES string of the molecule is CC(=N)CCC=N. The van der Waals surface area contributed by atoms with Crippen LogP contribution in [0.1, 0.15) is 19.8 Å². The van der Waals surface area contributed by atoms with E-state index in [2.05, 4.69) is 0 Å². The van der Waals surface area contributed by atoms with Crippen molar-refractivity contribution < 1.29 is 0 Å². The average Bonchev–Trinajstić information content (AvgIpc) is 1.61. The minimum absolute atomic E-state index is 0.656. The standard InChI is InChI=1S/C5H10N2/c1-5(7)3-2-4-6/h4,6-7H,2-3H2,1H3. The molecule has 0 spiro atoms. The second-order valence-corrected chi connectivity index (χ2v) is 1.52. The van der Waals surface area contributed by atoms with Crippen LogP contribution in [0.25, 0.3) is 0 Å². The normalized spacial score (nSPS) is 8.14. The Hall–Kier alpha value is -0.660. The Morgan fingerprint density at radius 2 is 2.29 bits per heavy atom. The summed E-state index contributed by atoms with van der Waals surface area (Å²) in [5.74, 6) is 0. The van der Waals surface area contributed by atoms with Crippen LogP contribution >= 0.6 is 0 Å². The van der Waals surface area contributed by atoms with Gasteiger partial charge in [-0.3, -0.25) is 0 Å². The quantitative estimate of drug-likeness (QED) is 0.502. The first kappa shape index (κ1) is 6.34. The van der Waals surface area contributed by atoms with Crippen LogP contribution in [-0.4, -0.2) is 11.9 Å². The van der Waals surface area contributed by atoms with E-state index in [9.17, 15) is 0 Å². The molecule has 0 aromatic carbocycles. The van der Waals surface area contributed by atoms with E-state index >= 15 is 0 Å². The third kappa shape index (κ3) is 5.34. The van der Waals surface area contributed by atoms with Crippen molar-refractivity contribution in [2.45, 2.75) is 19.8 Å². The lowest BCUT2D eigenvalue weighted by atomic mass is 10.2. The summed E-state index contributed by atoms with van der Waals surface area (Å²) in [6.07, 6.45) is 2.79. The molecule has 0 radical (unpaired) electrons. The molecule has 0 heterocycles. The maximum Gasteiger partial charge on any atom is 0.00618 e. The van der Waals surface area contributed by atoms with Gasteiger partial charge in [0.2, 0.25) is 0 Å².